The summed E-state index contributed by atoms with van der Waals surface area (Å²) in [4.78, 5) is 53.3. The van der Waals surface area contributed by atoms with Gasteiger partial charge in [-0.05, 0) is 13.3 Å². The van der Waals surface area contributed by atoms with Crippen LogP contribution in [0.25, 0.3) is 11.2 Å². The highest BCUT2D eigenvalue weighted by atomic mass is 31.2. The van der Waals surface area contributed by atoms with E-state index in [1.54, 1.807) is 11.5 Å². The summed E-state index contributed by atoms with van der Waals surface area (Å²) in [5, 5.41) is 0. The van der Waals surface area contributed by atoms with E-state index in [2.05, 4.69) is 24.9 Å². The number of nitrogens with zero attached hydrogens (tertiary/aromatic N) is 6. The monoisotopic (exact) mass is 568 g/mol. The maximum Gasteiger partial charge on any atom is 0.472 e. The molecule has 3 aromatic rings. The summed E-state index contributed by atoms with van der Waals surface area (Å²) in [6.07, 6.45) is -0.525. The first-order valence-corrected chi connectivity index (χ1v) is 13.7. The van der Waals surface area contributed by atoms with Gasteiger partial charge in [-0.2, -0.15) is 4.98 Å². The molecule has 0 radical (unpaired) electrons. The summed E-state index contributed by atoms with van der Waals surface area (Å²) in [5.74, 6) is 0.250. The van der Waals surface area contributed by atoms with Crippen molar-refractivity contribution >= 4 is 24.9 Å². The minimum atomic E-state index is -4.58. The van der Waals surface area contributed by atoms with E-state index in [0.29, 0.717) is 24.3 Å². The molecular weight excluding hydrogens is 539 g/mol. The first-order valence-electron chi connectivity index (χ1n) is 12.2. The van der Waals surface area contributed by atoms with Gasteiger partial charge in [0.05, 0.1) is 31.2 Å². The average molecular weight is 568 g/mol. The van der Waals surface area contributed by atoms with E-state index in [4.69, 9.17) is 29.0 Å². The third-order valence-electron chi connectivity index (χ3n) is 6.65. The van der Waals surface area contributed by atoms with Gasteiger partial charge in [0.2, 0.25) is 5.95 Å². The molecule has 0 spiro atoms. The van der Waals surface area contributed by atoms with Crippen LogP contribution in [-0.4, -0.2) is 77.1 Å². The van der Waals surface area contributed by atoms with Gasteiger partial charge >= 0.3 is 13.5 Å². The Balaban J connectivity index is 1.24. The molecule has 5 rings (SSSR count). The fourth-order valence-electron chi connectivity index (χ4n) is 4.78. The number of aryl methyl sites for hydroxylation is 1. The second-order valence-electron chi connectivity index (χ2n) is 9.20. The number of phosphoric ester groups is 1. The Morgan fingerprint density at radius 1 is 1.13 bits per heavy atom. The Kier molecular flexibility index (Phi) is 7.65. The van der Waals surface area contributed by atoms with E-state index in [1.807, 2.05) is 6.92 Å². The lowest BCUT2D eigenvalue weighted by Gasteiger charge is -2.22. The lowest BCUT2D eigenvalue weighted by atomic mass is 10.1. The molecule has 2 aliphatic heterocycles. The van der Waals surface area contributed by atoms with Crippen LogP contribution >= 0.6 is 7.82 Å². The number of anilines is 1. The highest BCUT2D eigenvalue weighted by molar-refractivity contribution is 7.47. The van der Waals surface area contributed by atoms with Crippen molar-refractivity contribution in [2.45, 2.75) is 70.0 Å². The Hall–Kier alpha value is -3.05. The predicted molar refractivity (Wildman–Crippen MR) is 132 cm³/mol. The molecule has 4 N–H and O–H groups in total. The number of nitrogens with one attached hydrogen (secondary N) is 1. The first kappa shape index (κ1) is 27.5. The Labute approximate surface area is 220 Å². The number of aromatic amines is 1. The van der Waals surface area contributed by atoms with Crippen molar-refractivity contribution in [3.63, 3.8) is 0 Å². The van der Waals surface area contributed by atoms with Crippen LogP contribution < -0.4 is 17.0 Å². The molecule has 0 aromatic carbocycles. The number of nitrogen functional groups attached to an aromatic ring is 1. The number of aromatic nitrogens is 7. The van der Waals surface area contributed by atoms with Crippen molar-refractivity contribution in [1.82, 2.24) is 34.1 Å². The van der Waals surface area contributed by atoms with Gasteiger partial charge in [-0.15, -0.1) is 0 Å². The van der Waals surface area contributed by atoms with E-state index < -0.39 is 50.4 Å². The minimum Gasteiger partial charge on any atom is -0.378 e. The molecule has 0 aliphatic carbocycles. The standard InChI is InChI=1S/C21H29N8O9P/c1-4-11-13(6-16(36-11)29-9-24-20(22)27-21(29)31)38-39(32,33)35-7-14-12(34-3)5-15(37-14)28-8-23-17-18(28)25-10(2)26-19(17)30/h8-9,11-16H,4-7H2,1-3H3,(H,32,33)(H2,22,27,31)(H,25,26,30)/t11-,12?,13?,14-,15-,16-/m1/s1. The van der Waals surface area contributed by atoms with E-state index >= 15 is 0 Å². The summed E-state index contributed by atoms with van der Waals surface area (Å²) in [7, 11) is -3.09. The summed E-state index contributed by atoms with van der Waals surface area (Å²) in [6, 6.07) is 0. The predicted octanol–water partition coefficient (Wildman–Crippen LogP) is 0.164. The molecule has 17 nitrogen and oxygen atoms in total. The molecule has 7 atom stereocenters. The number of nitrogens with two attached hydrogens (primary N) is 1. The number of ether oxygens (including phenoxy) is 3. The zero-order valence-corrected chi connectivity index (χ0v) is 22.3. The summed E-state index contributed by atoms with van der Waals surface area (Å²) >= 11 is 0. The molecular formula is C21H29N8O9P. The number of imidazole rings is 1. The lowest BCUT2D eigenvalue weighted by Crippen LogP contribution is -2.29. The molecule has 5 heterocycles. The third kappa shape index (κ3) is 5.65. The molecule has 3 unspecified atom stereocenters. The SMILES string of the molecule is CC[C@H]1O[C@@H](n2cnc(N)nc2=O)CC1OP(=O)(O)OC[C@H]1O[C@@H](n2cnc3c(=O)[nH]c(C)nc32)CC1OC. The molecule has 0 saturated carbocycles. The summed E-state index contributed by atoms with van der Waals surface area (Å²) < 4.78 is 43.8. The molecule has 212 valence electrons. The largest absolute Gasteiger partial charge is 0.472 e. The maximum absolute atomic E-state index is 12.9. The van der Waals surface area contributed by atoms with E-state index in [-0.39, 0.29) is 30.1 Å². The molecule has 0 bridgehead atoms. The Bertz CT molecular complexity index is 1510. The van der Waals surface area contributed by atoms with Crippen LogP contribution in [0.3, 0.4) is 0 Å². The summed E-state index contributed by atoms with van der Waals surface area (Å²) in [6.45, 7) is 3.15. The van der Waals surface area contributed by atoms with Crippen LogP contribution in [-0.2, 0) is 27.8 Å². The van der Waals surface area contributed by atoms with Crippen LogP contribution in [0.5, 0.6) is 0 Å². The van der Waals surface area contributed by atoms with E-state index in [0.717, 1.165) is 4.57 Å². The third-order valence-corrected chi connectivity index (χ3v) is 7.67. The maximum atomic E-state index is 12.9. The van der Waals surface area contributed by atoms with Gasteiger partial charge in [-0.25, -0.2) is 24.3 Å². The van der Waals surface area contributed by atoms with Crippen molar-refractivity contribution in [2.24, 2.45) is 0 Å². The number of methoxy groups -OCH3 is 1. The fraction of sp³-hybridized carbons (Fsp3) is 0.619. The first-order chi connectivity index (χ1) is 18.6. The second kappa shape index (κ2) is 10.8. The highest BCUT2D eigenvalue weighted by Crippen LogP contribution is 2.49. The topological polar surface area (TPSA) is 221 Å². The average Bonchev–Trinajstić information content (AvgIpc) is 3.59. The van der Waals surface area contributed by atoms with Crippen LogP contribution in [0.1, 0.15) is 44.5 Å². The molecule has 18 heteroatoms. The van der Waals surface area contributed by atoms with Crippen LogP contribution in [0.15, 0.2) is 22.2 Å². The zero-order valence-electron chi connectivity index (χ0n) is 21.4. The summed E-state index contributed by atoms with van der Waals surface area (Å²) in [5.41, 5.74) is 4.93. The van der Waals surface area contributed by atoms with Gasteiger partial charge < -0.3 is 29.8 Å². The smallest absolute Gasteiger partial charge is 0.378 e. The number of rotatable bonds is 9. The highest BCUT2D eigenvalue weighted by Gasteiger charge is 2.43. The quantitative estimate of drug-likeness (QED) is 0.293. The second-order valence-corrected chi connectivity index (χ2v) is 10.6. The van der Waals surface area contributed by atoms with Gasteiger partial charge in [-0.1, -0.05) is 6.92 Å². The van der Waals surface area contributed by atoms with Crippen molar-refractivity contribution < 1.29 is 32.7 Å². The molecule has 0 amide bonds. The van der Waals surface area contributed by atoms with Gasteiger partial charge in [0.1, 0.15) is 30.7 Å². The van der Waals surface area contributed by atoms with E-state index in [1.165, 1.54) is 19.8 Å². The fourth-order valence-corrected chi connectivity index (χ4v) is 5.74. The number of fused-ring (bicyclic) bond motifs is 1. The van der Waals surface area contributed by atoms with Crippen LogP contribution in [0.2, 0.25) is 0 Å². The number of H-pyrrole nitrogens is 1. The normalized spacial score (nSPS) is 28.7. The van der Waals surface area contributed by atoms with Crippen molar-refractivity contribution in [2.75, 3.05) is 19.5 Å². The number of hydrogen-bond acceptors (Lipinski definition) is 13. The van der Waals surface area contributed by atoms with Crippen molar-refractivity contribution in [3.8, 4) is 0 Å². The number of phosphoric acid groups is 1. The molecule has 2 saturated heterocycles. The van der Waals surface area contributed by atoms with Gasteiger partial charge in [0, 0.05) is 20.0 Å². The Morgan fingerprint density at radius 3 is 2.54 bits per heavy atom. The minimum absolute atomic E-state index is 0.0849. The van der Waals surface area contributed by atoms with Gasteiger partial charge in [-0.3, -0.25) is 23.0 Å². The molecule has 2 aliphatic rings. The van der Waals surface area contributed by atoms with E-state index in [9.17, 15) is 19.0 Å². The molecule has 2 fully saturated rings. The van der Waals surface area contributed by atoms with Crippen LogP contribution in [0.4, 0.5) is 5.95 Å². The molecule has 39 heavy (non-hydrogen) atoms. The van der Waals surface area contributed by atoms with Crippen molar-refractivity contribution in [3.05, 3.63) is 39.3 Å². The van der Waals surface area contributed by atoms with Crippen molar-refractivity contribution in [1.29, 1.82) is 0 Å². The lowest BCUT2D eigenvalue weighted by molar-refractivity contribution is -0.0559. The van der Waals surface area contributed by atoms with Crippen LogP contribution in [0, 0.1) is 6.92 Å². The Morgan fingerprint density at radius 2 is 1.82 bits per heavy atom. The zero-order chi connectivity index (χ0) is 27.9. The number of hydrogen-bond donors (Lipinski definition) is 3. The van der Waals surface area contributed by atoms with Gasteiger partial charge in [0.15, 0.2) is 11.2 Å². The van der Waals surface area contributed by atoms with Gasteiger partial charge in [0.25, 0.3) is 5.56 Å². The molecule has 3 aromatic heterocycles.